The van der Waals surface area contributed by atoms with Crippen molar-refractivity contribution < 1.29 is 19.3 Å². The van der Waals surface area contributed by atoms with Gasteiger partial charge in [-0.1, -0.05) is 42.5 Å². The number of benzene rings is 2. The number of fused-ring (bicyclic) bond motifs is 3. The highest BCUT2D eigenvalue weighted by atomic mass is 31.2. The number of rotatable bonds is 2. The minimum atomic E-state index is -3.54. The Morgan fingerprint density at radius 3 is 2.42 bits per heavy atom. The van der Waals surface area contributed by atoms with E-state index in [9.17, 15) is 14.8 Å². The molecule has 5 heteroatoms. The van der Waals surface area contributed by atoms with E-state index in [4.69, 9.17) is 4.52 Å². The van der Waals surface area contributed by atoms with Crippen LogP contribution in [0.2, 0.25) is 0 Å². The first-order valence-electron chi connectivity index (χ1n) is 7.84. The van der Waals surface area contributed by atoms with Gasteiger partial charge in [0.15, 0.2) is 5.85 Å². The fourth-order valence-corrected chi connectivity index (χ4v) is 5.58. The van der Waals surface area contributed by atoms with Crippen molar-refractivity contribution in [1.29, 1.82) is 0 Å². The van der Waals surface area contributed by atoms with E-state index >= 15 is 0 Å². The largest absolute Gasteiger partial charge is 0.512 e. The molecular formula is C19H17O4P. The zero-order valence-electron chi connectivity index (χ0n) is 12.9. The maximum atomic E-state index is 13.7. The average Bonchev–Trinajstić information content (AvgIpc) is 2.62. The molecule has 0 spiro atoms. The van der Waals surface area contributed by atoms with E-state index in [1.54, 1.807) is 24.3 Å². The van der Waals surface area contributed by atoms with E-state index < -0.39 is 13.2 Å². The zero-order valence-corrected chi connectivity index (χ0v) is 13.8. The molecule has 0 bridgehead atoms. The summed E-state index contributed by atoms with van der Waals surface area (Å²) >= 11 is 0. The molecule has 0 radical (unpaired) electrons. The third-order valence-electron chi connectivity index (χ3n) is 4.46. The molecule has 2 aliphatic rings. The number of hydrogen-bond acceptors (Lipinski definition) is 4. The fourth-order valence-electron chi connectivity index (χ4n) is 3.19. The lowest BCUT2D eigenvalue weighted by atomic mass is 10.0. The van der Waals surface area contributed by atoms with Crippen molar-refractivity contribution in [3.8, 4) is 16.9 Å². The van der Waals surface area contributed by atoms with Crippen LogP contribution in [-0.2, 0) is 4.57 Å². The first-order valence-corrected chi connectivity index (χ1v) is 9.54. The Hall–Kier alpha value is -2.29. The Morgan fingerprint density at radius 2 is 1.67 bits per heavy atom. The summed E-state index contributed by atoms with van der Waals surface area (Å²) in [6, 6.07) is 14.8. The van der Waals surface area contributed by atoms with E-state index in [-0.39, 0.29) is 5.76 Å². The SMILES string of the molecule is O=P1(C(O)C2=CC=C(O)CC2)Oc2ccccc2-c2ccccc21. The van der Waals surface area contributed by atoms with Gasteiger partial charge in [0.25, 0.3) is 0 Å². The molecule has 4 nitrogen and oxygen atoms in total. The second kappa shape index (κ2) is 5.66. The predicted molar refractivity (Wildman–Crippen MR) is 93.8 cm³/mol. The van der Waals surface area contributed by atoms with Crippen LogP contribution in [0.25, 0.3) is 11.1 Å². The quantitative estimate of drug-likeness (QED) is 0.807. The maximum absolute atomic E-state index is 13.7. The molecule has 0 saturated heterocycles. The lowest BCUT2D eigenvalue weighted by molar-refractivity contribution is 0.260. The number of para-hydroxylation sites is 1. The Labute approximate surface area is 140 Å². The summed E-state index contributed by atoms with van der Waals surface area (Å²) in [5.41, 5.74) is 2.32. The van der Waals surface area contributed by atoms with E-state index in [1.165, 1.54) is 6.08 Å². The number of aliphatic hydroxyl groups is 2. The second-order valence-electron chi connectivity index (χ2n) is 5.97. The molecule has 122 valence electrons. The summed E-state index contributed by atoms with van der Waals surface area (Å²) in [4.78, 5) is 0. The molecule has 2 atom stereocenters. The maximum Gasteiger partial charge on any atom is 0.309 e. The number of hydrogen-bond donors (Lipinski definition) is 2. The lowest BCUT2D eigenvalue weighted by Gasteiger charge is -2.32. The van der Waals surface area contributed by atoms with Gasteiger partial charge in [0.05, 0.1) is 11.1 Å². The van der Waals surface area contributed by atoms with Gasteiger partial charge in [0, 0.05) is 12.0 Å². The molecular weight excluding hydrogens is 323 g/mol. The van der Waals surface area contributed by atoms with E-state index in [0.29, 0.717) is 29.5 Å². The summed E-state index contributed by atoms with van der Waals surface area (Å²) in [7, 11) is -3.54. The molecule has 0 saturated carbocycles. The van der Waals surface area contributed by atoms with E-state index in [0.717, 1.165) is 11.1 Å². The van der Waals surface area contributed by atoms with E-state index in [2.05, 4.69) is 0 Å². The smallest absolute Gasteiger partial charge is 0.309 e. The van der Waals surface area contributed by atoms with Gasteiger partial charge in [-0.05, 0) is 35.8 Å². The highest BCUT2D eigenvalue weighted by molar-refractivity contribution is 7.68. The molecule has 1 heterocycles. The highest BCUT2D eigenvalue weighted by Crippen LogP contribution is 2.59. The molecule has 2 aromatic rings. The van der Waals surface area contributed by atoms with Gasteiger partial charge in [0.2, 0.25) is 0 Å². The Bertz CT molecular complexity index is 913. The Balaban J connectivity index is 1.86. The summed E-state index contributed by atoms with van der Waals surface area (Å²) in [6.45, 7) is 0. The van der Waals surface area contributed by atoms with E-state index in [1.807, 2.05) is 30.3 Å². The normalized spacial score (nSPS) is 23.2. The summed E-state index contributed by atoms with van der Waals surface area (Å²) in [5.74, 6) is -0.440. The van der Waals surface area contributed by atoms with Crippen molar-refractivity contribution >= 4 is 12.7 Å². The van der Waals surface area contributed by atoms with Gasteiger partial charge in [-0.3, -0.25) is 4.57 Å². The van der Waals surface area contributed by atoms with Crippen LogP contribution in [0.3, 0.4) is 0 Å². The molecule has 2 aromatic carbocycles. The Kier molecular flexibility index (Phi) is 3.60. The summed E-state index contributed by atoms with van der Waals surface area (Å²) < 4.78 is 19.6. The fraction of sp³-hybridized carbons (Fsp3) is 0.158. The molecule has 0 fully saturated rings. The van der Waals surface area contributed by atoms with Crippen molar-refractivity contribution in [2.24, 2.45) is 0 Å². The first-order chi connectivity index (χ1) is 11.6. The second-order valence-corrected chi connectivity index (χ2v) is 8.32. The monoisotopic (exact) mass is 340 g/mol. The van der Waals surface area contributed by atoms with Crippen LogP contribution in [0, 0.1) is 0 Å². The predicted octanol–water partition coefficient (Wildman–Crippen LogP) is 4.13. The van der Waals surface area contributed by atoms with Crippen molar-refractivity contribution in [1.82, 2.24) is 0 Å². The van der Waals surface area contributed by atoms with Crippen molar-refractivity contribution in [2.75, 3.05) is 0 Å². The topological polar surface area (TPSA) is 66.8 Å². The molecule has 4 rings (SSSR count). The molecule has 0 amide bonds. The van der Waals surface area contributed by atoms with Crippen molar-refractivity contribution in [3.05, 3.63) is 72.0 Å². The van der Waals surface area contributed by atoms with Crippen molar-refractivity contribution in [3.63, 3.8) is 0 Å². The van der Waals surface area contributed by atoms with Crippen LogP contribution in [0.4, 0.5) is 0 Å². The zero-order chi connectivity index (χ0) is 16.7. The third-order valence-corrected chi connectivity index (χ3v) is 6.97. The van der Waals surface area contributed by atoms with Crippen LogP contribution < -0.4 is 9.83 Å². The van der Waals surface area contributed by atoms with Gasteiger partial charge in [-0.2, -0.15) is 0 Å². The van der Waals surface area contributed by atoms with Crippen LogP contribution in [0.5, 0.6) is 5.75 Å². The molecule has 2 unspecified atom stereocenters. The molecule has 1 aliphatic heterocycles. The molecule has 1 aliphatic carbocycles. The van der Waals surface area contributed by atoms with Crippen molar-refractivity contribution in [2.45, 2.75) is 18.7 Å². The van der Waals surface area contributed by atoms with Crippen LogP contribution in [-0.4, -0.2) is 16.1 Å². The molecule has 0 aromatic heterocycles. The first kappa shape index (κ1) is 15.3. The number of allylic oxidation sites excluding steroid dienone is 3. The summed E-state index contributed by atoms with van der Waals surface area (Å²) in [6.07, 6.45) is 4.06. The van der Waals surface area contributed by atoms with Gasteiger partial charge >= 0.3 is 7.37 Å². The number of aliphatic hydroxyl groups excluding tert-OH is 2. The van der Waals surface area contributed by atoms with Crippen LogP contribution >= 0.6 is 7.37 Å². The van der Waals surface area contributed by atoms with Gasteiger partial charge in [-0.15, -0.1) is 0 Å². The standard InChI is InChI=1S/C19H17O4P/c20-14-11-9-13(10-12-14)19(21)24(22)18-8-4-2-6-16(18)15-5-1-3-7-17(15)23-24/h1-9,11,19-21H,10,12H2. The average molecular weight is 340 g/mol. The lowest BCUT2D eigenvalue weighted by Crippen LogP contribution is -2.27. The highest BCUT2D eigenvalue weighted by Gasteiger charge is 2.43. The molecule has 2 N–H and O–H groups in total. The van der Waals surface area contributed by atoms with Crippen LogP contribution in [0.15, 0.2) is 72.0 Å². The van der Waals surface area contributed by atoms with Gasteiger partial charge in [0.1, 0.15) is 5.75 Å². The van der Waals surface area contributed by atoms with Gasteiger partial charge in [-0.25, -0.2) is 0 Å². The molecule has 24 heavy (non-hydrogen) atoms. The minimum absolute atomic E-state index is 0.263. The third kappa shape index (κ3) is 2.31. The summed E-state index contributed by atoms with van der Waals surface area (Å²) in [5, 5.41) is 20.9. The minimum Gasteiger partial charge on any atom is -0.512 e. The van der Waals surface area contributed by atoms with Gasteiger partial charge < -0.3 is 14.7 Å². The van der Waals surface area contributed by atoms with Crippen LogP contribution in [0.1, 0.15) is 12.8 Å². The Morgan fingerprint density at radius 1 is 0.958 bits per heavy atom.